The van der Waals surface area contributed by atoms with Crippen molar-refractivity contribution in [1.82, 2.24) is 20.7 Å². The lowest BCUT2D eigenvalue weighted by atomic mass is 9.90. The van der Waals surface area contributed by atoms with E-state index in [4.69, 9.17) is 17.3 Å². The molecule has 0 unspecified atom stereocenters. The molecule has 0 radical (unpaired) electrons. The van der Waals surface area contributed by atoms with Crippen LogP contribution >= 0.6 is 11.6 Å². The molecule has 2 atom stereocenters. The Morgan fingerprint density at radius 2 is 2.00 bits per heavy atom. The van der Waals surface area contributed by atoms with Crippen molar-refractivity contribution in [3.63, 3.8) is 0 Å². The van der Waals surface area contributed by atoms with E-state index in [1.807, 2.05) is 0 Å². The second kappa shape index (κ2) is 9.23. The predicted molar refractivity (Wildman–Crippen MR) is 113 cm³/mol. The highest BCUT2D eigenvalue weighted by atomic mass is 35.5. The van der Waals surface area contributed by atoms with E-state index >= 15 is 0 Å². The van der Waals surface area contributed by atoms with Crippen LogP contribution in [0.1, 0.15) is 29.4 Å². The minimum Gasteiger partial charge on any atom is -0.480 e. The van der Waals surface area contributed by atoms with Gasteiger partial charge in [0.2, 0.25) is 0 Å². The number of carbonyl (C=O) groups is 2. The normalized spacial score (nSPS) is 13.9. The lowest BCUT2D eigenvalue weighted by Crippen LogP contribution is -2.51. The number of nitrogens with zero attached hydrogens (tertiary/aromatic N) is 2. The van der Waals surface area contributed by atoms with Crippen molar-refractivity contribution in [2.75, 3.05) is 0 Å². The number of nitrogens with one attached hydrogen (secondary N) is 2. The average Bonchev–Trinajstić information content (AvgIpc) is 3.25. The fourth-order valence-corrected chi connectivity index (χ4v) is 3.34. The first-order valence-corrected chi connectivity index (χ1v) is 9.77. The zero-order valence-electron chi connectivity index (χ0n) is 16.6. The van der Waals surface area contributed by atoms with Crippen LogP contribution in [-0.2, 0) is 11.2 Å². The maximum absolute atomic E-state index is 14.1. The van der Waals surface area contributed by atoms with Crippen molar-refractivity contribution in [2.24, 2.45) is 5.73 Å². The molecule has 162 valence electrons. The largest absolute Gasteiger partial charge is 0.480 e. The Bertz CT molecular complexity index is 1070. The molecule has 0 bridgehead atoms. The first kappa shape index (κ1) is 22.4. The molecule has 31 heavy (non-hydrogen) atoms. The highest BCUT2D eigenvalue weighted by molar-refractivity contribution is 6.30. The summed E-state index contributed by atoms with van der Waals surface area (Å²) < 4.78 is 14.1. The van der Waals surface area contributed by atoms with Crippen LogP contribution in [0.4, 0.5) is 4.39 Å². The van der Waals surface area contributed by atoms with E-state index in [0.717, 1.165) is 5.56 Å². The number of H-pyrrole nitrogens is 1. The summed E-state index contributed by atoms with van der Waals surface area (Å²) in [6.45, 7) is 1.38. The van der Waals surface area contributed by atoms with E-state index in [1.165, 1.54) is 25.3 Å². The van der Waals surface area contributed by atoms with Crippen molar-refractivity contribution < 1.29 is 19.1 Å². The molecular formula is C21H21ClFN5O3. The van der Waals surface area contributed by atoms with Gasteiger partial charge >= 0.3 is 5.97 Å². The molecule has 0 aliphatic rings. The number of aromatic nitrogens is 3. The molecule has 3 aromatic rings. The molecule has 0 saturated carbocycles. The molecule has 2 aromatic carbocycles. The predicted octanol–water partition coefficient (Wildman–Crippen LogP) is 2.80. The summed E-state index contributed by atoms with van der Waals surface area (Å²) in [5.74, 6) is -2.08. The molecule has 0 aliphatic carbocycles. The standard InChI is InChI=1S/C21H21ClFN5O3/c1-21(24,20(30)31)10-15(26-19(29)18-11-25-28-27-18)8-12-2-4-13(5-3-12)16-9-14(22)6-7-17(16)23/h2-7,9,11,15H,8,10,24H2,1H3,(H,26,29)(H,30,31)(H,25,27,28)/t15-,21+/m1/s1. The number of hydrogen-bond acceptors (Lipinski definition) is 5. The number of halogens is 2. The summed E-state index contributed by atoms with van der Waals surface area (Å²) in [6, 6.07) is 10.7. The van der Waals surface area contributed by atoms with Gasteiger partial charge in [-0.3, -0.25) is 9.59 Å². The monoisotopic (exact) mass is 445 g/mol. The number of carboxylic acids is 1. The Labute approximate surface area is 182 Å². The zero-order valence-corrected chi connectivity index (χ0v) is 17.4. The maximum Gasteiger partial charge on any atom is 0.323 e. The lowest BCUT2D eigenvalue weighted by molar-refractivity contribution is -0.143. The Hall–Kier alpha value is -3.30. The summed E-state index contributed by atoms with van der Waals surface area (Å²) in [4.78, 5) is 23.9. The van der Waals surface area contributed by atoms with Crippen LogP contribution in [0.2, 0.25) is 5.02 Å². The van der Waals surface area contributed by atoms with Gasteiger partial charge in [-0.1, -0.05) is 35.9 Å². The number of amides is 1. The van der Waals surface area contributed by atoms with Crippen LogP contribution < -0.4 is 11.1 Å². The maximum atomic E-state index is 14.1. The quantitative estimate of drug-likeness (QED) is 0.421. The van der Waals surface area contributed by atoms with Gasteiger partial charge in [-0.15, -0.1) is 0 Å². The Kier molecular flexibility index (Phi) is 6.67. The van der Waals surface area contributed by atoms with Gasteiger partial charge in [0.1, 0.15) is 11.4 Å². The van der Waals surface area contributed by atoms with Crippen molar-refractivity contribution >= 4 is 23.5 Å². The fraction of sp³-hybridized carbons (Fsp3) is 0.238. The summed E-state index contributed by atoms with van der Waals surface area (Å²) >= 11 is 5.97. The average molecular weight is 446 g/mol. The molecule has 8 nitrogen and oxygen atoms in total. The number of carbonyl (C=O) groups excluding carboxylic acids is 1. The van der Waals surface area contributed by atoms with Crippen LogP contribution in [0.15, 0.2) is 48.7 Å². The van der Waals surface area contributed by atoms with E-state index in [-0.39, 0.29) is 12.1 Å². The number of carboxylic acid groups (broad SMARTS) is 1. The molecule has 3 rings (SSSR count). The van der Waals surface area contributed by atoms with Gasteiger partial charge in [0, 0.05) is 16.6 Å². The third-order valence-corrected chi connectivity index (χ3v) is 5.05. The van der Waals surface area contributed by atoms with Gasteiger partial charge < -0.3 is 16.2 Å². The molecule has 10 heteroatoms. The van der Waals surface area contributed by atoms with Crippen LogP contribution in [0.25, 0.3) is 11.1 Å². The number of benzene rings is 2. The first-order valence-electron chi connectivity index (χ1n) is 9.39. The Balaban J connectivity index is 1.80. The number of aromatic amines is 1. The van der Waals surface area contributed by atoms with Gasteiger partial charge in [-0.2, -0.15) is 15.4 Å². The molecule has 1 aromatic heterocycles. The summed E-state index contributed by atoms with van der Waals surface area (Å²) in [5.41, 5.74) is 6.24. The van der Waals surface area contributed by atoms with E-state index in [1.54, 1.807) is 30.3 Å². The molecule has 1 amide bonds. The summed E-state index contributed by atoms with van der Waals surface area (Å²) in [7, 11) is 0. The summed E-state index contributed by atoms with van der Waals surface area (Å²) in [6.07, 6.45) is 1.55. The van der Waals surface area contributed by atoms with Gasteiger partial charge in [0.15, 0.2) is 5.69 Å². The Morgan fingerprint density at radius 3 is 2.61 bits per heavy atom. The van der Waals surface area contributed by atoms with Crippen molar-refractivity contribution in [3.8, 4) is 11.1 Å². The lowest BCUT2D eigenvalue weighted by Gasteiger charge is -2.26. The minimum absolute atomic E-state index is 0.0173. The molecule has 0 spiro atoms. The zero-order chi connectivity index (χ0) is 22.6. The minimum atomic E-state index is -1.55. The molecule has 1 heterocycles. The fourth-order valence-electron chi connectivity index (χ4n) is 3.17. The number of hydrogen-bond donors (Lipinski definition) is 4. The van der Waals surface area contributed by atoms with E-state index in [2.05, 4.69) is 20.7 Å². The SMILES string of the molecule is C[C@](N)(C[C@@H](Cc1ccc(-c2cc(Cl)ccc2F)cc1)NC(=O)c1cn[nH]n1)C(=O)O. The van der Waals surface area contributed by atoms with Crippen LogP contribution in [0, 0.1) is 5.82 Å². The van der Waals surface area contributed by atoms with Gasteiger partial charge in [-0.25, -0.2) is 4.39 Å². The van der Waals surface area contributed by atoms with Gasteiger partial charge in [0.25, 0.3) is 5.91 Å². The van der Waals surface area contributed by atoms with Gasteiger partial charge in [-0.05, 0) is 49.1 Å². The third kappa shape index (κ3) is 5.65. The van der Waals surface area contributed by atoms with Gasteiger partial charge in [0.05, 0.1) is 6.20 Å². The van der Waals surface area contributed by atoms with E-state index in [9.17, 15) is 19.1 Å². The smallest absolute Gasteiger partial charge is 0.323 e. The number of nitrogens with two attached hydrogens (primary N) is 1. The third-order valence-electron chi connectivity index (χ3n) is 4.82. The molecule has 5 N–H and O–H groups in total. The molecule has 0 fully saturated rings. The second-order valence-corrected chi connectivity index (χ2v) is 7.91. The van der Waals surface area contributed by atoms with E-state index in [0.29, 0.717) is 22.6 Å². The number of aliphatic carboxylic acids is 1. The van der Waals surface area contributed by atoms with Crippen molar-refractivity contribution in [3.05, 3.63) is 70.8 Å². The van der Waals surface area contributed by atoms with Crippen molar-refractivity contribution in [2.45, 2.75) is 31.3 Å². The molecular weight excluding hydrogens is 425 g/mol. The number of rotatable bonds is 8. The molecule has 0 aliphatic heterocycles. The van der Waals surface area contributed by atoms with Crippen molar-refractivity contribution in [1.29, 1.82) is 0 Å². The van der Waals surface area contributed by atoms with Crippen LogP contribution in [0.5, 0.6) is 0 Å². The highest BCUT2D eigenvalue weighted by Gasteiger charge is 2.32. The Morgan fingerprint density at radius 1 is 1.29 bits per heavy atom. The summed E-state index contributed by atoms with van der Waals surface area (Å²) in [5, 5.41) is 22.2. The van der Waals surface area contributed by atoms with E-state index < -0.39 is 29.3 Å². The van der Waals surface area contributed by atoms with Crippen LogP contribution in [0.3, 0.4) is 0 Å². The second-order valence-electron chi connectivity index (χ2n) is 7.48. The molecule has 0 saturated heterocycles. The highest BCUT2D eigenvalue weighted by Crippen LogP contribution is 2.27. The topological polar surface area (TPSA) is 134 Å². The van der Waals surface area contributed by atoms with Crippen LogP contribution in [-0.4, -0.2) is 44.0 Å². The first-order chi connectivity index (χ1) is 14.7.